The highest BCUT2D eigenvalue weighted by molar-refractivity contribution is 6.31. The average Bonchev–Trinajstić information content (AvgIpc) is 3.12. The third kappa shape index (κ3) is 3.47. The van der Waals surface area contributed by atoms with Gasteiger partial charge >= 0.3 is 0 Å². The fourth-order valence-corrected chi connectivity index (χ4v) is 2.21. The minimum Gasteiger partial charge on any atom is -0.352 e. The molecule has 0 saturated heterocycles. The van der Waals surface area contributed by atoms with Crippen LogP contribution in [-0.2, 0) is 4.79 Å². The molecule has 1 amide bonds. The number of amides is 1. The number of benzene rings is 1. The summed E-state index contributed by atoms with van der Waals surface area (Å²) in [6.45, 7) is 2.47. The van der Waals surface area contributed by atoms with Gasteiger partial charge in [0.25, 0.3) is 0 Å². The summed E-state index contributed by atoms with van der Waals surface area (Å²) in [6, 6.07) is 8.31. The fourth-order valence-electron chi connectivity index (χ4n) is 1.92. The predicted octanol–water partition coefficient (Wildman–Crippen LogP) is 2.61. The molecule has 0 radical (unpaired) electrons. The van der Waals surface area contributed by atoms with Crippen LogP contribution in [0.3, 0.4) is 0 Å². The van der Waals surface area contributed by atoms with Crippen molar-refractivity contribution in [1.82, 2.24) is 10.2 Å². The van der Waals surface area contributed by atoms with Crippen molar-refractivity contribution in [1.29, 1.82) is 0 Å². The van der Waals surface area contributed by atoms with E-state index in [1.54, 1.807) is 0 Å². The first-order valence-electron chi connectivity index (χ1n) is 6.32. The zero-order valence-electron chi connectivity index (χ0n) is 10.8. The van der Waals surface area contributed by atoms with Gasteiger partial charge in [-0.05, 0) is 38.4 Å². The van der Waals surface area contributed by atoms with E-state index in [0.29, 0.717) is 12.6 Å². The summed E-state index contributed by atoms with van der Waals surface area (Å²) in [4.78, 5) is 13.8. The van der Waals surface area contributed by atoms with Crippen molar-refractivity contribution in [2.45, 2.75) is 31.8 Å². The Hall–Kier alpha value is -1.06. The number of hydrogen-bond acceptors (Lipinski definition) is 2. The number of carbonyl (C=O) groups excluding carboxylic acids is 1. The second kappa shape index (κ2) is 5.72. The van der Waals surface area contributed by atoms with Gasteiger partial charge in [-0.1, -0.05) is 29.8 Å². The second-order valence-corrected chi connectivity index (χ2v) is 5.36. The summed E-state index contributed by atoms with van der Waals surface area (Å²) >= 11 is 6.17. The number of nitrogens with one attached hydrogen (secondary N) is 1. The quantitative estimate of drug-likeness (QED) is 0.889. The molecule has 1 unspecified atom stereocenters. The summed E-state index contributed by atoms with van der Waals surface area (Å²) in [5.74, 6) is 0.0962. The molecule has 2 rings (SSSR count). The van der Waals surface area contributed by atoms with Crippen LogP contribution in [0.4, 0.5) is 0 Å². The van der Waals surface area contributed by atoms with Crippen LogP contribution in [0.25, 0.3) is 0 Å². The van der Waals surface area contributed by atoms with E-state index in [4.69, 9.17) is 11.6 Å². The van der Waals surface area contributed by atoms with Crippen LogP contribution in [0.15, 0.2) is 24.3 Å². The van der Waals surface area contributed by atoms with E-state index in [9.17, 15) is 4.79 Å². The maximum absolute atomic E-state index is 11.7. The molecule has 0 bridgehead atoms. The van der Waals surface area contributed by atoms with Crippen molar-refractivity contribution in [3.8, 4) is 0 Å². The monoisotopic (exact) mass is 266 g/mol. The molecule has 18 heavy (non-hydrogen) atoms. The summed E-state index contributed by atoms with van der Waals surface area (Å²) < 4.78 is 0. The van der Waals surface area contributed by atoms with Gasteiger partial charge < -0.3 is 5.32 Å². The maximum Gasteiger partial charge on any atom is 0.234 e. The molecule has 0 aliphatic heterocycles. The summed E-state index contributed by atoms with van der Waals surface area (Å²) in [7, 11) is 1.94. The Bertz CT molecular complexity index is 432. The highest BCUT2D eigenvalue weighted by Crippen LogP contribution is 2.26. The first-order chi connectivity index (χ1) is 8.58. The van der Waals surface area contributed by atoms with Crippen LogP contribution in [0, 0.1) is 0 Å². The lowest BCUT2D eigenvalue weighted by Gasteiger charge is -2.25. The number of rotatable bonds is 5. The molecular formula is C14H19ClN2O. The number of halogens is 1. The smallest absolute Gasteiger partial charge is 0.234 e. The molecular weight excluding hydrogens is 248 g/mol. The molecule has 1 aromatic carbocycles. The van der Waals surface area contributed by atoms with E-state index < -0.39 is 0 Å². The molecule has 4 heteroatoms. The van der Waals surface area contributed by atoms with Gasteiger partial charge in [-0.2, -0.15) is 0 Å². The van der Waals surface area contributed by atoms with E-state index in [-0.39, 0.29) is 11.9 Å². The van der Waals surface area contributed by atoms with E-state index >= 15 is 0 Å². The molecule has 1 saturated carbocycles. The molecule has 3 nitrogen and oxygen atoms in total. The van der Waals surface area contributed by atoms with Crippen molar-refractivity contribution in [2.24, 2.45) is 0 Å². The van der Waals surface area contributed by atoms with Crippen molar-refractivity contribution in [3.63, 3.8) is 0 Å². The number of hydrogen-bond donors (Lipinski definition) is 1. The minimum absolute atomic E-state index is 0.0962. The third-order valence-electron chi connectivity index (χ3n) is 3.35. The van der Waals surface area contributed by atoms with E-state index in [2.05, 4.69) is 12.2 Å². The lowest BCUT2D eigenvalue weighted by atomic mass is 10.1. The fraction of sp³-hybridized carbons (Fsp3) is 0.500. The van der Waals surface area contributed by atoms with Gasteiger partial charge in [0.1, 0.15) is 0 Å². The van der Waals surface area contributed by atoms with Crippen molar-refractivity contribution in [3.05, 3.63) is 34.9 Å². The molecule has 1 fully saturated rings. The van der Waals surface area contributed by atoms with Gasteiger partial charge in [-0.15, -0.1) is 0 Å². The van der Waals surface area contributed by atoms with Crippen LogP contribution < -0.4 is 5.32 Å². The van der Waals surface area contributed by atoms with Gasteiger partial charge in [0.15, 0.2) is 0 Å². The zero-order chi connectivity index (χ0) is 13.1. The highest BCUT2D eigenvalue weighted by atomic mass is 35.5. The third-order valence-corrected chi connectivity index (χ3v) is 3.70. The normalized spacial score (nSPS) is 16.7. The molecule has 0 heterocycles. The largest absolute Gasteiger partial charge is 0.352 e. The number of carbonyl (C=O) groups is 1. The Kier molecular flexibility index (Phi) is 4.25. The minimum atomic E-state index is 0.0962. The summed E-state index contributed by atoms with van der Waals surface area (Å²) in [5.41, 5.74) is 1.06. The van der Waals surface area contributed by atoms with Gasteiger partial charge in [0.2, 0.25) is 5.91 Å². The molecule has 1 aliphatic carbocycles. The zero-order valence-corrected chi connectivity index (χ0v) is 11.6. The Morgan fingerprint density at radius 3 is 2.78 bits per heavy atom. The van der Waals surface area contributed by atoms with Crippen molar-refractivity contribution in [2.75, 3.05) is 13.6 Å². The van der Waals surface area contributed by atoms with E-state index in [0.717, 1.165) is 23.4 Å². The van der Waals surface area contributed by atoms with Crippen LogP contribution >= 0.6 is 11.6 Å². The van der Waals surface area contributed by atoms with Gasteiger partial charge in [0, 0.05) is 17.1 Å². The topological polar surface area (TPSA) is 32.3 Å². The lowest BCUT2D eigenvalue weighted by Crippen LogP contribution is -2.37. The van der Waals surface area contributed by atoms with Crippen molar-refractivity contribution >= 4 is 17.5 Å². The van der Waals surface area contributed by atoms with Gasteiger partial charge in [-0.3, -0.25) is 9.69 Å². The highest BCUT2D eigenvalue weighted by Gasteiger charge is 2.24. The SMILES string of the molecule is CC(c1ccccc1Cl)N(C)CC(=O)NC1CC1. The lowest BCUT2D eigenvalue weighted by molar-refractivity contribution is -0.122. The van der Waals surface area contributed by atoms with Crippen LogP contribution in [-0.4, -0.2) is 30.4 Å². The molecule has 1 aromatic rings. The van der Waals surface area contributed by atoms with E-state index in [1.807, 2.05) is 36.2 Å². The number of likely N-dealkylation sites (N-methyl/N-ethyl adjacent to an activating group) is 1. The Balaban J connectivity index is 1.93. The Morgan fingerprint density at radius 1 is 1.50 bits per heavy atom. The molecule has 0 spiro atoms. The number of nitrogens with zero attached hydrogens (tertiary/aromatic N) is 1. The maximum atomic E-state index is 11.7. The standard InChI is InChI=1S/C14H19ClN2O/c1-10(12-5-3-4-6-13(12)15)17(2)9-14(18)16-11-7-8-11/h3-6,10-11H,7-9H2,1-2H3,(H,16,18). The first-order valence-corrected chi connectivity index (χ1v) is 6.69. The molecule has 1 aliphatic rings. The molecule has 1 N–H and O–H groups in total. The predicted molar refractivity (Wildman–Crippen MR) is 73.7 cm³/mol. The van der Waals surface area contributed by atoms with Crippen LogP contribution in [0.2, 0.25) is 5.02 Å². The van der Waals surface area contributed by atoms with Gasteiger partial charge in [-0.25, -0.2) is 0 Å². The van der Waals surface area contributed by atoms with Crippen molar-refractivity contribution < 1.29 is 4.79 Å². The van der Waals surface area contributed by atoms with Gasteiger partial charge in [0.05, 0.1) is 6.54 Å². The molecule has 98 valence electrons. The molecule has 1 atom stereocenters. The van der Waals surface area contributed by atoms with Crippen LogP contribution in [0.5, 0.6) is 0 Å². The first kappa shape index (κ1) is 13.4. The molecule has 0 aromatic heterocycles. The summed E-state index contributed by atoms with van der Waals surface area (Å²) in [6.07, 6.45) is 2.24. The average molecular weight is 267 g/mol. The Labute approximate surface area is 113 Å². The Morgan fingerprint density at radius 2 is 2.17 bits per heavy atom. The summed E-state index contributed by atoms with van der Waals surface area (Å²) in [5, 5.41) is 3.74. The van der Waals surface area contributed by atoms with E-state index in [1.165, 1.54) is 0 Å². The van der Waals surface area contributed by atoms with Crippen LogP contribution in [0.1, 0.15) is 31.4 Å². The second-order valence-electron chi connectivity index (χ2n) is 4.95.